The highest BCUT2D eigenvalue weighted by atomic mass is 35.5. The van der Waals surface area contributed by atoms with Crippen LogP contribution in [0.3, 0.4) is 0 Å². The molecule has 1 saturated carbocycles. The fraction of sp³-hybridized carbons (Fsp3) is 0.452. The van der Waals surface area contributed by atoms with Gasteiger partial charge in [0.25, 0.3) is 0 Å². The van der Waals surface area contributed by atoms with E-state index in [9.17, 15) is 9.67 Å². The van der Waals surface area contributed by atoms with Crippen LogP contribution in [0.2, 0.25) is 5.02 Å². The first kappa shape index (κ1) is 28.2. The number of rotatable bonds is 7. The fourth-order valence-corrected chi connectivity index (χ4v) is 7.40. The monoisotopic (exact) mass is 569 g/mol. The van der Waals surface area contributed by atoms with Gasteiger partial charge in [-0.05, 0) is 91.8 Å². The average molecular weight is 570 g/mol. The van der Waals surface area contributed by atoms with Crippen LogP contribution in [0.4, 0.5) is 0 Å². The van der Waals surface area contributed by atoms with Crippen LogP contribution in [0, 0.1) is 20.8 Å². The first-order valence-electron chi connectivity index (χ1n) is 13.8. The van der Waals surface area contributed by atoms with Crippen LogP contribution in [0.1, 0.15) is 89.8 Å². The highest BCUT2D eigenvalue weighted by molar-refractivity contribution is 7.53. The molecular formula is C31H37ClNO5P. The zero-order valence-electron chi connectivity index (χ0n) is 22.9. The van der Waals surface area contributed by atoms with Gasteiger partial charge in [-0.2, -0.15) is 0 Å². The summed E-state index contributed by atoms with van der Waals surface area (Å²) in [6.45, 7) is 6.48. The van der Waals surface area contributed by atoms with Gasteiger partial charge in [0.15, 0.2) is 6.35 Å². The van der Waals surface area contributed by atoms with Gasteiger partial charge in [0.2, 0.25) is 0 Å². The zero-order chi connectivity index (χ0) is 27.6. The quantitative estimate of drug-likeness (QED) is 0.287. The number of aromatic hydroxyl groups is 1. The molecule has 8 heteroatoms. The van der Waals surface area contributed by atoms with E-state index in [0.717, 1.165) is 46.5 Å². The number of hydrogen-bond donors (Lipinski definition) is 1. The van der Waals surface area contributed by atoms with Gasteiger partial charge in [-0.3, -0.25) is 14.1 Å². The lowest BCUT2D eigenvalue weighted by molar-refractivity contribution is 0.0725. The van der Waals surface area contributed by atoms with Crippen molar-refractivity contribution in [3.63, 3.8) is 0 Å². The maximum absolute atomic E-state index is 13.4. The molecule has 2 unspecified atom stereocenters. The summed E-state index contributed by atoms with van der Waals surface area (Å²) in [6, 6.07) is 13.1. The number of aromatic nitrogens is 1. The molecule has 2 aliphatic rings. The van der Waals surface area contributed by atoms with E-state index in [-0.39, 0.29) is 12.5 Å². The molecule has 1 aliphatic carbocycles. The van der Waals surface area contributed by atoms with Crippen molar-refractivity contribution < 1.29 is 23.5 Å². The molecule has 2 fully saturated rings. The highest BCUT2D eigenvalue weighted by Gasteiger charge is 2.35. The second kappa shape index (κ2) is 12.0. The molecule has 0 amide bonds. The number of aryl methyl sites for hydroxylation is 1. The molecule has 208 valence electrons. The summed E-state index contributed by atoms with van der Waals surface area (Å²) in [7, 11) is -3.46. The lowest BCUT2D eigenvalue weighted by atomic mass is 9.86. The van der Waals surface area contributed by atoms with Crippen LogP contribution in [0.25, 0.3) is 0 Å². The van der Waals surface area contributed by atoms with E-state index in [2.05, 4.69) is 13.8 Å². The van der Waals surface area contributed by atoms with Crippen molar-refractivity contribution in [3.05, 3.63) is 86.7 Å². The van der Waals surface area contributed by atoms with Gasteiger partial charge in [0.05, 0.1) is 18.4 Å². The Kier molecular flexibility index (Phi) is 8.68. The largest absolute Gasteiger partial charge is 0.506 e. The minimum Gasteiger partial charge on any atom is -0.506 e. The maximum Gasteiger partial charge on any atom is 0.368 e. The minimum atomic E-state index is -3.46. The molecule has 5 rings (SSSR count). The van der Waals surface area contributed by atoms with Gasteiger partial charge in [-0.25, -0.2) is 0 Å². The van der Waals surface area contributed by atoms with Crippen molar-refractivity contribution in [1.29, 1.82) is 0 Å². The molecule has 2 heterocycles. The molecule has 2 atom stereocenters. The number of pyridine rings is 1. The summed E-state index contributed by atoms with van der Waals surface area (Å²) in [5.41, 5.74) is 7.03. The van der Waals surface area contributed by atoms with Crippen LogP contribution < -0.4 is 4.74 Å². The Balaban J connectivity index is 1.30. The lowest BCUT2D eigenvalue weighted by Gasteiger charge is -2.30. The highest BCUT2D eigenvalue weighted by Crippen LogP contribution is 2.56. The van der Waals surface area contributed by atoms with E-state index in [0.29, 0.717) is 41.9 Å². The number of hydrogen-bond acceptors (Lipinski definition) is 6. The summed E-state index contributed by atoms with van der Waals surface area (Å²) in [5, 5.41) is 11.1. The van der Waals surface area contributed by atoms with Crippen LogP contribution in [-0.2, 0) is 20.0 Å². The van der Waals surface area contributed by atoms with Crippen molar-refractivity contribution in [2.75, 3.05) is 13.0 Å². The van der Waals surface area contributed by atoms with E-state index < -0.39 is 7.60 Å². The Morgan fingerprint density at radius 2 is 1.85 bits per heavy atom. The molecule has 0 radical (unpaired) electrons. The van der Waals surface area contributed by atoms with Gasteiger partial charge in [-0.15, -0.1) is 0 Å². The van der Waals surface area contributed by atoms with E-state index in [1.54, 1.807) is 12.1 Å². The summed E-state index contributed by atoms with van der Waals surface area (Å²) >= 11 is 6.14. The average Bonchev–Trinajstić information content (AvgIpc) is 2.94. The van der Waals surface area contributed by atoms with Crippen molar-refractivity contribution in [1.82, 2.24) is 4.98 Å². The fourth-order valence-electron chi connectivity index (χ4n) is 5.71. The third-order valence-electron chi connectivity index (χ3n) is 8.07. The summed E-state index contributed by atoms with van der Waals surface area (Å²) in [5.74, 6) is 1.31. The van der Waals surface area contributed by atoms with Gasteiger partial charge in [0, 0.05) is 29.5 Å². The van der Waals surface area contributed by atoms with Crippen LogP contribution in [-0.4, -0.2) is 23.0 Å². The molecule has 0 spiro atoms. The summed E-state index contributed by atoms with van der Waals surface area (Å²) < 4.78 is 31.0. The molecule has 39 heavy (non-hydrogen) atoms. The van der Waals surface area contributed by atoms with Crippen molar-refractivity contribution in [3.8, 4) is 11.5 Å². The molecule has 1 saturated heterocycles. The predicted octanol–water partition coefficient (Wildman–Crippen LogP) is 8.71. The topological polar surface area (TPSA) is 77.9 Å². The Hall–Kier alpha value is -2.37. The Morgan fingerprint density at radius 1 is 1.05 bits per heavy atom. The number of halogens is 1. The van der Waals surface area contributed by atoms with Crippen LogP contribution >= 0.6 is 19.2 Å². The molecule has 2 aromatic carbocycles. The third-order valence-corrected chi connectivity index (χ3v) is 9.90. The SMILES string of the molecule is Cc1cc(OCP2(=O)OCCC(c3cccc(Cl)c3)O2)c(C)c(C)c1Cc1ccc(O)c(C2CCCCC2)n1. The number of benzene rings is 2. The molecule has 0 bridgehead atoms. The first-order chi connectivity index (χ1) is 18.7. The summed E-state index contributed by atoms with van der Waals surface area (Å²) in [6.07, 6.45) is 6.59. The number of ether oxygens (including phenoxy) is 1. The second-order valence-corrected chi connectivity index (χ2v) is 13.2. The molecular weight excluding hydrogens is 533 g/mol. The normalized spacial score (nSPS) is 22.1. The maximum atomic E-state index is 13.4. The van der Waals surface area contributed by atoms with Gasteiger partial charge < -0.3 is 14.4 Å². The molecule has 1 N–H and O–H groups in total. The molecule has 6 nitrogen and oxygen atoms in total. The molecule has 1 aliphatic heterocycles. The molecule has 1 aromatic heterocycles. The van der Waals surface area contributed by atoms with Gasteiger partial charge in [0.1, 0.15) is 11.5 Å². The minimum absolute atomic E-state index is 0.159. The smallest absolute Gasteiger partial charge is 0.368 e. The predicted molar refractivity (Wildman–Crippen MR) is 154 cm³/mol. The first-order valence-corrected chi connectivity index (χ1v) is 15.9. The van der Waals surface area contributed by atoms with E-state index in [1.165, 1.54) is 24.8 Å². The number of nitrogens with zero attached hydrogens (tertiary/aromatic N) is 1. The van der Waals surface area contributed by atoms with Crippen LogP contribution in [0.5, 0.6) is 11.5 Å². The van der Waals surface area contributed by atoms with Crippen molar-refractivity contribution in [2.45, 2.75) is 77.7 Å². The van der Waals surface area contributed by atoms with E-state index in [1.807, 2.05) is 37.3 Å². The van der Waals surface area contributed by atoms with Crippen molar-refractivity contribution >= 4 is 19.2 Å². The van der Waals surface area contributed by atoms with Crippen LogP contribution in [0.15, 0.2) is 42.5 Å². The second-order valence-electron chi connectivity index (χ2n) is 10.8. The Labute approximate surface area is 236 Å². The van der Waals surface area contributed by atoms with Gasteiger partial charge in [-0.1, -0.05) is 43.0 Å². The zero-order valence-corrected chi connectivity index (χ0v) is 24.6. The summed E-state index contributed by atoms with van der Waals surface area (Å²) in [4.78, 5) is 4.91. The Morgan fingerprint density at radius 3 is 2.62 bits per heavy atom. The lowest BCUT2D eigenvalue weighted by Crippen LogP contribution is -2.17. The van der Waals surface area contributed by atoms with E-state index in [4.69, 9.17) is 30.4 Å². The van der Waals surface area contributed by atoms with Crippen molar-refractivity contribution in [2.24, 2.45) is 0 Å². The Bertz CT molecular complexity index is 1390. The third kappa shape index (κ3) is 6.52. The van der Waals surface area contributed by atoms with E-state index >= 15 is 0 Å². The standard InChI is InChI=1S/C31H37ClNO5P/c1-20-16-30(36-19-39(35)37-15-14-29(38-39)24-10-7-11-25(32)17-24)22(3)21(2)27(20)18-26-12-13-28(34)31(33-26)23-8-5-4-6-9-23/h7,10-13,16-17,23,29,34H,4-6,8-9,14-15,18-19H2,1-3H3. The molecule has 3 aromatic rings. The van der Waals surface area contributed by atoms with Gasteiger partial charge >= 0.3 is 7.60 Å².